The van der Waals surface area contributed by atoms with Crippen molar-refractivity contribution in [2.24, 2.45) is 0 Å². The van der Waals surface area contributed by atoms with E-state index in [2.05, 4.69) is 164 Å². The van der Waals surface area contributed by atoms with Crippen LogP contribution in [0.2, 0.25) is 0 Å². The lowest BCUT2D eigenvalue weighted by atomic mass is 9.42. The second-order valence-corrected chi connectivity index (χ2v) is 18.4. The zero-order valence-corrected chi connectivity index (χ0v) is 33.3. The van der Waals surface area contributed by atoms with Crippen molar-refractivity contribution in [3.63, 3.8) is 0 Å². The average Bonchev–Trinajstić information content (AvgIpc) is 3.70. The van der Waals surface area contributed by atoms with Crippen molar-refractivity contribution in [2.45, 2.75) is 76.7 Å². The van der Waals surface area contributed by atoms with Crippen molar-refractivity contribution in [1.29, 1.82) is 0 Å². The van der Waals surface area contributed by atoms with E-state index in [4.69, 9.17) is 0 Å². The number of thiophene rings is 1. The summed E-state index contributed by atoms with van der Waals surface area (Å²) in [4.78, 5) is 5.65. The monoisotopic (exact) mass is 740 g/mol. The Hall–Kier alpha value is -5.32. The van der Waals surface area contributed by atoms with Gasteiger partial charge >= 0.3 is 6.85 Å². The summed E-state index contributed by atoms with van der Waals surface area (Å²) in [7, 11) is 0. The van der Waals surface area contributed by atoms with E-state index >= 15 is 0 Å². The van der Waals surface area contributed by atoms with E-state index in [-0.39, 0.29) is 17.8 Å². The van der Waals surface area contributed by atoms with Crippen LogP contribution in [-0.2, 0) is 11.8 Å². The molecule has 0 radical (unpaired) electrons. The quantitative estimate of drug-likeness (QED) is 0.162. The Morgan fingerprint density at radius 1 is 0.661 bits per heavy atom. The van der Waals surface area contributed by atoms with E-state index < -0.39 is 0 Å². The number of unbranched alkanes of at least 4 members (excludes halogenated alkanes) is 1. The maximum atomic E-state index is 2.97. The summed E-state index contributed by atoms with van der Waals surface area (Å²) in [5, 5.41) is 5.36. The van der Waals surface area contributed by atoms with Crippen LogP contribution in [0.5, 0.6) is 0 Å². The smallest absolute Gasteiger partial charge is 0.329 e. The maximum Gasteiger partial charge on any atom is 0.329 e. The fourth-order valence-corrected chi connectivity index (χ4v) is 12.8. The number of fused-ring (bicyclic) bond motifs is 12. The molecule has 2 unspecified atom stereocenters. The van der Waals surface area contributed by atoms with Gasteiger partial charge in [0.15, 0.2) is 0 Å². The number of hydrogen-bond acceptors (Lipinski definition) is 3. The number of rotatable bonds is 5. The highest BCUT2D eigenvalue weighted by Gasteiger charge is 2.63. The zero-order valence-electron chi connectivity index (χ0n) is 32.5. The molecule has 4 aliphatic rings. The van der Waals surface area contributed by atoms with E-state index in [1.54, 1.807) is 5.56 Å². The lowest BCUT2D eigenvalue weighted by Gasteiger charge is -2.55. The van der Waals surface area contributed by atoms with E-state index in [0.717, 1.165) is 6.42 Å². The molecule has 56 heavy (non-hydrogen) atoms. The fraction of sp³-hybridized carbons (Fsp3) is 0.231. The molecule has 7 aromatic carbocycles. The Bertz CT molecular complexity index is 2930. The molecule has 2 atom stereocenters. The minimum Gasteiger partial charge on any atom is -0.400 e. The number of hydrogen-bond donors (Lipinski definition) is 0. The summed E-state index contributed by atoms with van der Waals surface area (Å²) in [6.45, 7) is 7.60. The summed E-state index contributed by atoms with van der Waals surface area (Å²) in [6, 6.07) is 51.7. The zero-order chi connectivity index (χ0) is 37.3. The number of benzene rings is 7. The van der Waals surface area contributed by atoms with E-state index in [9.17, 15) is 0 Å². The Morgan fingerprint density at radius 2 is 1.46 bits per heavy atom. The lowest BCUT2D eigenvalue weighted by molar-refractivity contribution is 0.199. The molecule has 1 saturated carbocycles. The Morgan fingerprint density at radius 3 is 2.34 bits per heavy atom. The van der Waals surface area contributed by atoms with Crippen molar-refractivity contribution in [3.8, 4) is 22.3 Å². The molecule has 0 amide bonds. The van der Waals surface area contributed by atoms with Gasteiger partial charge in [0.05, 0.1) is 5.69 Å². The van der Waals surface area contributed by atoms with E-state index in [0.29, 0.717) is 0 Å². The van der Waals surface area contributed by atoms with Crippen molar-refractivity contribution in [3.05, 3.63) is 145 Å². The van der Waals surface area contributed by atoms with Crippen LogP contribution in [0.25, 0.3) is 53.2 Å². The summed E-state index contributed by atoms with van der Waals surface area (Å²) < 4.78 is 2.73. The first kappa shape index (κ1) is 32.9. The van der Waals surface area contributed by atoms with Crippen LogP contribution in [0, 0.1) is 0 Å². The largest absolute Gasteiger partial charge is 0.400 e. The minimum atomic E-state index is -0.0142. The minimum absolute atomic E-state index is 0.0142. The molecule has 272 valence electrons. The van der Waals surface area contributed by atoms with Gasteiger partial charge in [-0.1, -0.05) is 130 Å². The van der Waals surface area contributed by atoms with Crippen LogP contribution in [0.1, 0.15) is 70.4 Å². The summed E-state index contributed by atoms with van der Waals surface area (Å²) >= 11 is 1.95. The second-order valence-electron chi connectivity index (χ2n) is 17.4. The standard InChI is InChI=1S/C52H45BN2S/c1-4-5-16-33-25-26-43(39(29-33)34-17-7-6-8-18-34)54-44-31-40-37-21-11-12-24-46(37)56-47(40)32-42(44)53-49-45(54)30-35-19-9-10-20-36(35)48(49)38-22-15-23-41-50(38)55(53)52(3)28-14-13-27-51(41,52)2/h6-12,15,17-26,29-32H,4-5,13-14,16,27-28H2,1-3H3. The van der Waals surface area contributed by atoms with Gasteiger partial charge in [-0.15, -0.1) is 11.3 Å². The third-order valence-corrected chi connectivity index (χ3v) is 15.7. The van der Waals surface area contributed by atoms with Crippen LogP contribution in [0.15, 0.2) is 133 Å². The van der Waals surface area contributed by atoms with Gasteiger partial charge in [-0.25, -0.2) is 0 Å². The molecule has 4 heteroatoms. The number of para-hydroxylation sites is 1. The highest BCUT2D eigenvalue weighted by Crippen LogP contribution is 2.63. The number of nitrogens with zero attached hydrogens (tertiary/aromatic N) is 2. The maximum absolute atomic E-state index is 2.97. The van der Waals surface area contributed by atoms with E-state index in [1.807, 2.05) is 11.3 Å². The van der Waals surface area contributed by atoms with Crippen molar-refractivity contribution in [2.75, 3.05) is 9.71 Å². The van der Waals surface area contributed by atoms with Crippen LogP contribution in [-0.4, -0.2) is 12.4 Å². The van der Waals surface area contributed by atoms with Gasteiger partial charge in [0.1, 0.15) is 0 Å². The van der Waals surface area contributed by atoms with Crippen LogP contribution < -0.4 is 20.6 Å². The van der Waals surface area contributed by atoms with Gasteiger partial charge in [-0.2, -0.15) is 0 Å². The molecule has 8 aromatic rings. The normalized spacial score (nSPS) is 20.4. The predicted octanol–water partition coefficient (Wildman–Crippen LogP) is 13.2. The van der Waals surface area contributed by atoms with Crippen LogP contribution in [0.3, 0.4) is 0 Å². The topological polar surface area (TPSA) is 6.48 Å². The molecule has 1 fully saturated rings. The van der Waals surface area contributed by atoms with Gasteiger partial charge in [0.2, 0.25) is 0 Å². The first-order valence-corrected chi connectivity index (χ1v) is 21.7. The number of aryl methyl sites for hydroxylation is 1. The third-order valence-electron chi connectivity index (χ3n) is 14.6. The van der Waals surface area contributed by atoms with Crippen molar-refractivity contribution < 1.29 is 0 Å². The summed E-state index contributed by atoms with van der Waals surface area (Å²) in [6.07, 6.45) is 8.47. The van der Waals surface area contributed by atoms with Gasteiger partial charge in [0.25, 0.3) is 0 Å². The van der Waals surface area contributed by atoms with Gasteiger partial charge in [0, 0.05) is 59.3 Å². The van der Waals surface area contributed by atoms with E-state index in [1.165, 1.54) is 131 Å². The number of anilines is 4. The van der Waals surface area contributed by atoms with Crippen LogP contribution in [0.4, 0.5) is 22.7 Å². The second kappa shape index (κ2) is 11.9. The summed E-state index contributed by atoms with van der Waals surface area (Å²) in [5.74, 6) is 0. The molecule has 1 aromatic heterocycles. The molecule has 0 bridgehead atoms. The molecule has 2 nitrogen and oxygen atoms in total. The molecular weight excluding hydrogens is 695 g/mol. The Kier molecular flexibility index (Phi) is 6.96. The molecule has 12 rings (SSSR count). The molecule has 4 heterocycles. The predicted molar refractivity (Wildman–Crippen MR) is 243 cm³/mol. The highest BCUT2D eigenvalue weighted by molar-refractivity contribution is 7.26. The summed E-state index contributed by atoms with van der Waals surface area (Å²) in [5.41, 5.74) is 16.7. The average molecular weight is 741 g/mol. The highest BCUT2D eigenvalue weighted by atomic mass is 32.1. The van der Waals surface area contributed by atoms with Gasteiger partial charge in [-0.05, 0) is 113 Å². The molecule has 3 aliphatic heterocycles. The molecule has 0 N–H and O–H groups in total. The van der Waals surface area contributed by atoms with Crippen molar-refractivity contribution >= 4 is 82.8 Å². The fourth-order valence-electron chi connectivity index (χ4n) is 11.7. The molecule has 0 saturated heterocycles. The van der Waals surface area contributed by atoms with Crippen molar-refractivity contribution in [1.82, 2.24) is 0 Å². The Balaban J connectivity index is 1.24. The van der Waals surface area contributed by atoms with Gasteiger partial charge < -0.3 is 9.71 Å². The molecular formula is C52H45BN2S. The van der Waals surface area contributed by atoms with Gasteiger partial charge in [-0.3, -0.25) is 0 Å². The Labute approximate surface area is 334 Å². The molecule has 0 spiro atoms. The lowest BCUT2D eigenvalue weighted by Crippen LogP contribution is -2.70. The first-order valence-electron chi connectivity index (χ1n) is 20.9. The first-order chi connectivity index (χ1) is 27.5. The third kappa shape index (κ3) is 4.23. The molecule has 1 aliphatic carbocycles. The van der Waals surface area contributed by atoms with Crippen LogP contribution >= 0.6 is 11.3 Å². The SMILES string of the molecule is CCCCc1ccc(N2c3cc4c(cc3B3c5c2cc2ccccc2c5-c2cccc5c2N3C2(C)CCCCC52C)sc2ccccc24)c(-c2ccccc2)c1.